The number of carbonyl (C=O) groups excluding carboxylic acids is 5. The van der Waals surface area contributed by atoms with Gasteiger partial charge in [0, 0.05) is 92.6 Å². The highest BCUT2D eigenvalue weighted by molar-refractivity contribution is 9.09. The molecule has 5 aromatic rings. The van der Waals surface area contributed by atoms with E-state index in [1.165, 1.54) is 0 Å². The standard InChI is InChI=1S/C43H49N5O6.C18H12Br2O4.C13H20O4/c1-40(2,3)53-38(49)47-22-42(7-8-42)16-31(47)29-13-26(18-44-29)24-11-27-20-52-34-15-25(12-28-21-51-33(14-24)35(27)36(28)34)30-19-45-37(46-30)32-17-43(9-10-43)23-48(32)39(50)54-41(4,5)6;19-5-13(21)9-1-11-7-23-16-4-10(14(22)6-20)2-12-8-24-15(3-9)17(11)18(12)16;1-12(2,3)17-11(16)9-7-13(4-5-13)6-8(9)10(14)15/h11-12,14-15,18-19,31-32H,7-10,13,16-17,20-23H2,1-6H3,(H,45,46);1-4H,5-8H2;8-9H,4-7H2,1-3H3,(H,14,15)/t31-,32-;;8-,9?/m0.1/s1. The zero-order chi connectivity index (χ0) is 67.1. The van der Waals surface area contributed by atoms with Crippen LogP contribution in [0.3, 0.4) is 0 Å². The predicted molar refractivity (Wildman–Crippen MR) is 361 cm³/mol. The molecule has 1 unspecified atom stereocenters. The van der Waals surface area contributed by atoms with Crippen LogP contribution in [-0.4, -0.2) is 113 Å². The number of aliphatic carboxylic acids is 1. The number of alkyl halides is 2. The zero-order valence-electron chi connectivity index (χ0n) is 55.3. The van der Waals surface area contributed by atoms with Gasteiger partial charge in [-0.05, 0) is 202 Å². The monoisotopic (exact) mass is 1420 g/mol. The number of carboxylic acids is 1. The Morgan fingerprint density at radius 3 is 1.45 bits per heavy atom. The fourth-order valence-corrected chi connectivity index (χ4v) is 15.8. The Hall–Kier alpha value is -7.52. The third-order valence-corrected chi connectivity index (χ3v) is 21.4. The Morgan fingerprint density at radius 2 is 0.989 bits per heavy atom. The van der Waals surface area contributed by atoms with Crippen LogP contribution in [0.15, 0.2) is 65.9 Å². The van der Waals surface area contributed by atoms with Crippen LogP contribution in [0.2, 0.25) is 0 Å². The lowest BCUT2D eigenvalue weighted by molar-refractivity contribution is -0.165. The number of nitrogens with zero attached hydrogens (tertiary/aromatic N) is 4. The van der Waals surface area contributed by atoms with Crippen molar-refractivity contribution in [2.45, 2.75) is 188 Å². The van der Waals surface area contributed by atoms with Gasteiger partial charge in [-0.1, -0.05) is 31.9 Å². The number of benzene rings is 4. The maximum Gasteiger partial charge on any atom is 0.410 e. The van der Waals surface area contributed by atoms with Gasteiger partial charge in [0.1, 0.15) is 72.1 Å². The van der Waals surface area contributed by atoms with Crippen LogP contribution in [0.25, 0.3) is 39.1 Å². The quantitative estimate of drug-likeness (QED) is 0.0572. The van der Waals surface area contributed by atoms with Crippen molar-refractivity contribution in [3.8, 4) is 56.5 Å². The minimum atomic E-state index is -0.857. The van der Waals surface area contributed by atoms with Crippen molar-refractivity contribution in [3.05, 3.63) is 106 Å². The van der Waals surface area contributed by atoms with Crippen LogP contribution < -0.4 is 18.9 Å². The van der Waals surface area contributed by atoms with E-state index in [1.807, 2.05) is 96.6 Å². The number of H-pyrrole nitrogens is 1. The third kappa shape index (κ3) is 12.9. The van der Waals surface area contributed by atoms with Crippen molar-refractivity contribution < 1.29 is 67.0 Å². The molecule has 16 rings (SSSR count). The molecule has 4 aliphatic carbocycles. The molecule has 7 aliphatic heterocycles. The highest BCUT2D eigenvalue weighted by Crippen LogP contribution is 2.63. The summed E-state index contributed by atoms with van der Waals surface area (Å²) in [5.74, 6) is 1.70. The first-order valence-corrected chi connectivity index (χ1v) is 35.4. The van der Waals surface area contributed by atoms with Crippen LogP contribution >= 0.6 is 31.9 Å². The first-order valence-electron chi connectivity index (χ1n) is 33.1. The predicted octanol–water partition coefficient (Wildman–Crippen LogP) is 15.5. The van der Waals surface area contributed by atoms with E-state index in [9.17, 15) is 33.9 Å². The Balaban J connectivity index is 0.000000155. The number of rotatable bonds is 10. The van der Waals surface area contributed by atoms with Gasteiger partial charge in [0.15, 0.2) is 11.6 Å². The van der Waals surface area contributed by atoms with E-state index in [0.29, 0.717) is 74.9 Å². The molecule has 95 heavy (non-hydrogen) atoms. The number of aliphatic imine (C=N–C) groups is 1. The van der Waals surface area contributed by atoms with Crippen molar-refractivity contribution in [1.29, 1.82) is 0 Å². The number of likely N-dealkylation sites (tertiary alicyclic amines) is 2. The summed E-state index contributed by atoms with van der Waals surface area (Å²) in [4.78, 5) is 90.8. The summed E-state index contributed by atoms with van der Waals surface area (Å²) in [5, 5.41) is 9.72. The second-order valence-electron chi connectivity index (χ2n) is 31.1. The average Bonchev–Trinajstić information content (AvgIpc) is 1.54. The molecule has 1 aromatic heterocycles. The van der Waals surface area contributed by atoms with Crippen LogP contribution in [0.4, 0.5) is 9.59 Å². The number of aromatic amines is 1. The fourth-order valence-electron chi connectivity index (χ4n) is 15.2. The van der Waals surface area contributed by atoms with Crippen LogP contribution in [0.5, 0.6) is 23.0 Å². The molecule has 500 valence electrons. The molecule has 8 heterocycles. The van der Waals surface area contributed by atoms with E-state index < -0.39 is 34.6 Å². The Labute approximate surface area is 569 Å². The van der Waals surface area contributed by atoms with Gasteiger partial charge < -0.3 is 43.2 Å². The summed E-state index contributed by atoms with van der Waals surface area (Å²) in [5.41, 5.74) is 13.4. The lowest BCUT2D eigenvalue weighted by Crippen LogP contribution is -2.43. The van der Waals surface area contributed by atoms with Gasteiger partial charge in [-0.15, -0.1) is 0 Å². The van der Waals surface area contributed by atoms with Crippen molar-refractivity contribution in [2.75, 3.05) is 23.7 Å². The molecule has 2 saturated heterocycles. The number of aromatic nitrogens is 2. The van der Waals surface area contributed by atoms with Crippen molar-refractivity contribution in [2.24, 2.45) is 33.1 Å². The fraction of sp³-hybridized carbons (Fsp3) is 0.514. The summed E-state index contributed by atoms with van der Waals surface area (Å²) < 4.78 is 41.7. The molecule has 11 aliphatic rings. The minimum Gasteiger partial charge on any atom is -0.488 e. The number of esters is 1. The summed E-state index contributed by atoms with van der Waals surface area (Å²) in [6.07, 6.45) is 13.9. The molecular weight excluding hydrogens is 1340 g/mol. The second-order valence-corrected chi connectivity index (χ2v) is 32.2. The number of carbonyl (C=O) groups is 6. The number of imidazole rings is 1. The number of nitrogens with one attached hydrogen (secondary N) is 1. The van der Waals surface area contributed by atoms with Gasteiger partial charge in [0.05, 0.1) is 46.5 Å². The third-order valence-electron chi connectivity index (χ3n) is 20.4. The smallest absolute Gasteiger partial charge is 0.410 e. The Kier molecular flexibility index (Phi) is 16.1. The first kappa shape index (κ1) is 64.8. The minimum absolute atomic E-state index is 0.00695. The number of Topliss-reactive ketones (excluding diaryl/α,β-unsaturated/α-hetero) is 2. The molecule has 4 saturated carbocycles. The summed E-state index contributed by atoms with van der Waals surface area (Å²) in [7, 11) is 0. The highest BCUT2D eigenvalue weighted by Gasteiger charge is 2.59. The first-order chi connectivity index (χ1) is 45.0. The molecule has 4 aromatic carbocycles. The number of hydrogen-bond donors (Lipinski definition) is 2. The van der Waals surface area contributed by atoms with Crippen LogP contribution in [0.1, 0.15) is 193 Å². The molecule has 2 amide bonds. The Bertz CT molecular complexity index is 3960. The van der Waals surface area contributed by atoms with Crippen molar-refractivity contribution >= 4 is 78.8 Å². The summed E-state index contributed by atoms with van der Waals surface area (Å²) in [6.45, 7) is 19.9. The molecule has 0 bridgehead atoms. The molecular formula is C74H81Br2N5O14. The van der Waals surface area contributed by atoms with Gasteiger partial charge in [-0.25, -0.2) is 14.6 Å². The SMILES string of the molecule is CC(C)(C)OC(=O)C1CC2(CC2)C[C@H]1C(=O)O.CC(C)(C)OC(=O)N1CC2(CC2)C[C@H]1C1=NC=C(c2cc3c4c(c2)OCc2cc(-c5cnc([C@@H]6CC7(CC7)CN6C(=O)OC(C)(C)C)[nH]5)cc(c2-4)OC3)C1.O=C(CBr)c1cc2c3c(c1)OCc1cc(C(=O)CBr)cc(c1-3)OC2. The maximum absolute atomic E-state index is 13.3. The van der Waals surface area contributed by atoms with E-state index in [1.54, 1.807) is 12.1 Å². The van der Waals surface area contributed by atoms with E-state index in [4.69, 9.17) is 43.1 Å². The molecule has 21 heteroatoms. The molecule has 2 N–H and O–H groups in total. The van der Waals surface area contributed by atoms with Gasteiger partial charge in [0.2, 0.25) is 0 Å². The largest absolute Gasteiger partial charge is 0.488 e. The van der Waals surface area contributed by atoms with Gasteiger partial charge in [-0.3, -0.25) is 34.0 Å². The number of hydrogen-bond acceptors (Lipinski definition) is 15. The van der Waals surface area contributed by atoms with E-state index >= 15 is 0 Å². The molecule has 3 spiro atoms. The van der Waals surface area contributed by atoms with E-state index in [-0.39, 0.29) is 68.7 Å². The number of allylic oxidation sites excluding steroid dienone is 1. The molecule has 19 nitrogen and oxygen atoms in total. The van der Waals surface area contributed by atoms with Crippen LogP contribution in [0, 0.1) is 28.1 Å². The summed E-state index contributed by atoms with van der Waals surface area (Å²) in [6, 6.07) is 15.7. The lowest BCUT2D eigenvalue weighted by Gasteiger charge is -2.30. The molecule has 4 atom stereocenters. The van der Waals surface area contributed by atoms with E-state index in [0.717, 1.165) is 148 Å². The Morgan fingerprint density at radius 1 is 0.558 bits per heavy atom. The number of amides is 2. The zero-order valence-corrected chi connectivity index (χ0v) is 58.5. The lowest BCUT2D eigenvalue weighted by atomic mass is 9.86. The number of ketones is 2. The van der Waals surface area contributed by atoms with Crippen molar-refractivity contribution in [1.82, 2.24) is 19.8 Å². The highest BCUT2D eigenvalue weighted by atomic mass is 79.9. The van der Waals surface area contributed by atoms with Gasteiger partial charge in [-0.2, -0.15) is 0 Å². The van der Waals surface area contributed by atoms with Gasteiger partial charge >= 0.3 is 24.1 Å². The summed E-state index contributed by atoms with van der Waals surface area (Å²) >= 11 is 6.41. The number of carboxylic acid groups (broad SMARTS) is 1. The molecule has 6 fully saturated rings. The number of ether oxygens (including phenoxy) is 7. The second kappa shape index (κ2) is 23.6. The van der Waals surface area contributed by atoms with Gasteiger partial charge in [0.25, 0.3) is 0 Å². The average molecular weight is 1420 g/mol. The van der Waals surface area contributed by atoms with Crippen molar-refractivity contribution in [3.63, 3.8) is 0 Å². The maximum atomic E-state index is 13.3. The topological polar surface area (TPSA) is 235 Å². The van der Waals surface area contributed by atoms with E-state index in [2.05, 4.69) is 61.1 Å². The normalized spacial score (nSPS) is 22.4. The molecule has 0 radical (unpaired) electrons. The number of halogens is 2. The van der Waals surface area contributed by atoms with Crippen LogP contribution in [-0.2, 0) is 50.2 Å².